The highest BCUT2D eigenvalue weighted by molar-refractivity contribution is 7.17. The fourth-order valence-corrected chi connectivity index (χ4v) is 5.62. The van der Waals surface area contributed by atoms with Crippen LogP contribution in [-0.4, -0.2) is 34.4 Å². The zero-order chi connectivity index (χ0) is 25.6. The summed E-state index contributed by atoms with van der Waals surface area (Å²) in [5, 5.41) is 2.48. The van der Waals surface area contributed by atoms with Crippen LogP contribution < -0.4 is 15.2 Å². The van der Waals surface area contributed by atoms with Gasteiger partial charge in [0.1, 0.15) is 10.6 Å². The number of hydrogen-bond donors (Lipinski definition) is 0. The Labute approximate surface area is 213 Å². The molecule has 5 rings (SSSR count). The van der Waals surface area contributed by atoms with Gasteiger partial charge in [-0.15, -0.1) is 11.3 Å². The van der Waals surface area contributed by atoms with Gasteiger partial charge < -0.3 is 9.64 Å². The predicted molar refractivity (Wildman–Crippen MR) is 142 cm³/mol. The maximum atomic E-state index is 13.7. The second kappa shape index (κ2) is 9.35. The fraction of sp³-hybridized carbons (Fsp3) is 0.286. The van der Waals surface area contributed by atoms with Gasteiger partial charge in [0.25, 0.3) is 11.5 Å². The monoisotopic (exact) mass is 501 g/mol. The van der Waals surface area contributed by atoms with Crippen molar-refractivity contribution < 1.29 is 14.3 Å². The van der Waals surface area contributed by atoms with Gasteiger partial charge in [-0.25, -0.2) is 4.98 Å². The molecule has 0 spiro atoms. The Hall–Kier alpha value is -3.78. The SMILES string of the molecule is CCCN1C(=O)COc2ccc(C(=O)C(C)n3cnc4scc(-c5ccc(C)cc5C)c4c3=O)cc21. The number of rotatable bonds is 6. The molecule has 1 atom stereocenters. The number of carbonyl (C=O) groups is 2. The summed E-state index contributed by atoms with van der Waals surface area (Å²) in [6.45, 7) is 8.29. The largest absolute Gasteiger partial charge is 0.482 e. The molecule has 36 heavy (non-hydrogen) atoms. The van der Waals surface area contributed by atoms with Crippen molar-refractivity contribution in [1.29, 1.82) is 0 Å². The highest BCUT2D eigenvalue weighted by Crippen LogP contribution is 2.35. The fourth-order valence-electron chi connectivity index (χ4n) is 4.73. The van der Waals surface area contributed by atoms with Crippen LogP contribution in [0.15, 0.2) is 52.9 Å². The van der Waals surface area contributed by atoms with Crippen LogP contribution in [0.3, 0.4) is 0 Å². The van der Waals surface area contributed by atoms with Gasteiger partial charge >= 0.3 is 0 Å². The van der Waals surface area contributed by atoms with Gasteiger partial charge in [0.2, 0.25) is 0 Å². The quantitative estimate of drug-likeness (QED) is 0.334. The van der Waals surface area contributed by atoms with E-state index in [2.05, 4.69) is 11.1 Å². The Kier molecular flexibility index (Phi) is 6.22. The number of anilines is 1. The first-order valence-corrected chi connectivity index (χ1v) is 12.9. The molecule has 0 saturated carbocycles. The first kappa shape index (κ1) is 23.9. The molecule has 0 saturated heterocycles. The predicted octanol–water partition coefficient (Wildman–Crippen LogP) is 5.32. The van der Waals surface area contributed by atoms with E-state index in [9.17, 15) is 14.4 Å². The van der Waals surface area contributed by atoms with Crippen molar-refractivity contribution in [3.8, 4) is 16.9 Å². The molecular formula is C28H27N3O4S. The Bertz CT molecular complexity index is 1570. The molecule has 8 heteroatoms. The lowest BCUT2D eigenvalue weighted by atomic mass is 9.99. The highest BCUT2D eigenvalue weighted by Gasteiger charge is 2.28. The number of benzene rings is 2. The molecule has 1 amide bonds. The summed E-state index contributed by atoms with van der Waals surface area (Å²) in [4.78, 5) is 46.4. The Morgan fingerprint density at radius 2 is 1.94 bits per heavy atom. The number of ketones is 1. The molecule has 0 aliphatic carbocycles. The van der Waals surface area contributed by atoms with Gasteiger partial charge in [0.05, 0.1) is 23.4 Å². The second-order valence-electron chi connectivity index (χ2n) is 9.16. The molecule has 1 unspecified atom stereocenters. The van der Waals surface area contributed by atoms with E-state index in [4.69, 9.17) is 4.74 Å². The summed E-state index contributed by atoms with van der Waals surface area (Å²) in [5.41, 5.74) is 4.79. The van der Waals surface area contributed by atoms with E-state index in [1.165, 1.54) is 22.2 Å². The van der Waals surface area contributed by atoms with E-state index in [1.807, 2.05) is 38.3 Å². The maximum absolute atomic E-state index is 13.7. The number of aryl methyl sites for hydroxylation is 2. The molecule has 0 N–H and O–H groups in total. The van der Waals surface area contributed by atoms with Crippen molar-refractivity contribution in [2.45, 2.75) is 40.2 Å². The van der Waals surface area contributed by atoms with Crippen molar-refractivity contribution in [2.75, 3.05) is 18.1 Å². The van der Waals surface area contributed by atoms with Crippen LogP contribution in [0.5, 0.6) is 5.75 Å². The summed E-state index contributed by atoms with van der Waals surface area (Å²) >= 11 is 1.42. The third-order valence-electron chi connectivity index (χ3n) is 6.62. The molecule has 2 aromatic carbocycles. The van der Waals surface area contributed by atoms with E-state index in [0.29, 0.717) is 33.8 Å². The van der Waals surface area contributed by atoms with Crippen molar-refractivity contribution >= 4 is 38.9 Å². The molecule has 7 nitrogen and oxygen atoms in total. The van der Waals surface area contributed by atoms with Crippen LogP contribution >= 0.6 is 11.3 Å². The zero-order valence-corrected chi connectivity index (χ0v) is 21.5. The standard InChI is InChI=1S/C28H27N3O4S/c1-5-10-30-22-12-19(7-9-23(22)35-13-24(30)32)26(33)18(4)31-15-29-27-25(28(31)34)21(14-36-27)20-8-6-16(2)11-17(20)3/h6-9,11-12,14-15,18H,5,10,13H2,1-4H3. The molecule has 3 heterocycles. The molecule has 4 aromatic rings. The van der Waals surface area contributed by atoms with Crippen molar-refractivity contribution in [3.05, 3.63) is 75.1 Å². The lowest BCUT2D eigenvalue weighted by molar-refractivity contribution is -0.121. The zero-order valence-electron chi connectivity index (χ0n) is 20.7. The molecular weight excluding hydrogens is 474 g/mol. The minimum Gasteiger partial charge on any atom is -0.482 e. The third-order valence-corrected chi connectivity index (χ3v) is 7.51. The molecule has 2 aromatic heterocycles. The smallest absolute Gasteiger partial charge is 0.265 e. The van der Waals surface area contributed by atoms with E-state index < -0.39 is 6.04 Å². The topological polar surface area (TPSA) is 81.5 Å². The van der Waals surface area contributed by atoms with Crippen LogP contribution in [0.2, 0.25) is 0 Å². The lowest BCUT2D eigenvalue weighted by Gasteiger charge is -2.29. The van der Waals surface area contributed by atoms with Crippen LogP contribution in [-0.2, 0) is 4.79 Å². The minimum atomic E-state index is -0.779. The minimum absolute atomic E-state index is 0.0127. The number of nitrogens with zero attached hydrogens (tertiary/aromatic N) is 3. The summed E-state index contributed by atoms with van der Waals surface area (Å²) in [6.07, 6.45) is 2.23. The van der Waals surface area contributed by atoms with Crippen LogP contribution in [0.25, 0.3) is 21.3 Å². The van der Waals surface area contributed by atoms with E-state index in [1.54, 1.807) is 30.0 Å². The summed E-state index contributed by atoms with van der Waals surface area (Å²) < 4.78 is 6.95. The normalized spacial score (nSPS) is 14.0. The average molecular weight is 502 g/mol. The van der Waals surface area contributed by atoms with Crippen LogP contribution in [0, 0.1) is 13.8 Å². The van der Waals surface area contributed by atoms with Gasteiger partial charge in [-0.3, -0.25) is 19.0 Å². The summed E-state index contributed by atoms with van der Waals surface area (Å²) in [7, 11) is 0. The number of amides is 1. The molecule has 0 fully saturated rings. The number of carbonyl (C=O) groups excluding carboxylic acids is 2. The molecule has 0 radical (unpaired) electrons. The highest BCUT2D eigenvalue weighted by atomic mass is 32.1. The van der Waals surface area contributed by atoms with E-state index >= 15 is 0 Å². The summed E-state index contributed by atoms with van der Waals surface area (Å²) in [5.74, 6) is 0.201. The molecule has 1 aliphatic heterocycles. The van der Waals surface area contributed by atoms with Crippen LogP contribution in [0.4, 0.5) is 5.69 Å². The maximum Gasteiger partial charge on any atom is 0.265 e. The van der Waals surface area contributed by atoms with Gasteiger partial charge in [-0.05, 0) is 56.5 Å². The van der Waals surface area contributed by atoms with E-state index in [0.717, 1.165) is 28.7 Å². The van der Waals surface area contributed by atoms with Crippen LogP contribution in [0.1, 0.15) is 47.8 Å². The molecule has 0 bridgehead atoms. The second-order valence-corrected chi connectivity index (χ2v) is 10.0. The van der Waals surface area contributed by atoms with Crippen molar-refractivity contribution in [3.63, 3.8) is 0 Å². The average Bonchev–Trinajstić information content (AvgIpc) is 3.30. The van der Waals surface area contributed by atoms with Gasteiger partial charge in [-0.2, -0.15) is 0 Å². The Morgan fingerprint density at radius 3 is 2.69 bits per heavy atom. The number of Topliss-reactive ketones (excluding diaryl/α,β-unsaturated/α-hetero) is 1. The first-order chi connectivity index (χ1) is 17.3. The first-order valence-electron chi connectivity index (χ1n) is 12.0. The van der Waals surface area contributed by atoms with Crippen molar-refractivity contribution in [2.24, 2.45) is 0 Å². The van der Waals surface area contributed by atoms with Crippen molar-refractivity contribution in [1.82, 2.24) is 9.55 Å². The number of ether oxygens (including phenoxy) is 1. The van der Waals surface area contributed by atoms with E-state index in [-0.39, 0.29) is 23.9 Å². The Morgan fingerprint density at radius 1 is 1.14 bits per heavy atom. The number of fused-ring (bicyclic) bond motifs is 2. The number of hydrogen-bond acceptors (Lipinski definition) is 6. The Balaban J connectivity index is 1.54. The number of aromatic nitrogens is 2. The number of thiophene rings is 1. The molecule has 1 aliphatic rings. The van der Waals surface area contributed by atoms with Gasteiger partial charge in [-0.1, -0.05) is 30.7 Å². The third kappa shape index (κ3) is 4.01. The van der Waals surface area contributed by atoms with Gasteiger partial charge in [0, 0.05) is 23.1 Å². The summed E-state index contributed by atoms with van der Waals surface area (Å²) in [6, 6.07) is 10.4. The van der Waals surface area contributed by atoms with Gasteiger partial charge in [0.15, 0.2) is 12.4 Å². The lowest BCUT2D eigenvalue weighted by Crippen LogP contribution is -2.39. The molecule has 184 valence electrons.